The number of amides is 1. The molecular formula is C14H22N4O4. The first-order valence-electron chi connectivity index (χ1n) is 7.06. The number of nitrogens with zero attached hydrogens (tertiary/aromatic N) is 2. The van der Waals surface area contributed by atoms with Gasteiger partial charge >= 0.3 is 5.97 Å². The van der Waals surface area contributed by atoms with Crippen LogP contribution in [0.1, 0.15) is 31.2 Å². The van der Waals surface area contributed by atoms with Crippen molar-refractivity contribution in [3.8, 4) is 0 Å². The zero-order valence-corrected chi connectivity index (χ0v) is 13.0. The molecule has 1 aromatic rings. The normalized spacial score (nSPS) is 13.3. The molecule has 8 nitrogen and oxygen atoms in total. The fourth-order valence-electron chi connectivity index (χ4n) is 1.89. The number of carbonyl (C=O) groups is 2. The molecule has 22 heavy (non-hydrogen) atoms. The molecule has 0 aliphatic rings. The van der Waals surface area contributed by atoms with Crippen LogP contribution in [-0.4, -0.2) is 50.7 Å². The van der Waals surface area contributed by atoms with Crippen LogP contribution >= 0.6 is 0 Å². The quantitative estimate of drug-likeness (QED) is 0.507. The van der Waals surface area contributed by atoms with Gasteiger partial charge in [0, 0.05) is 24.4 Å². The zero-order chi connectivity index (χ0) is 16.7. The van der Waals surface area contributed by atoms with E-state index in [4.69, 9.17) is 5.11 Å². The van der Waals surface area contributed by atoms with Gasteiger partial charge in [0.1, 0.15) is 0 Å². The lowest BCUT2D eigenvalue weighted by Gasteiger charge is -2.16. The molecule has 0 spiro atoms. The van der Waals surface area contributed by atoms with Crippen LogP contribution in [-0.2, 0) is 9.59 Å². The lowest BCUT2D eigenvalue weighted by molar-refractivity contribution is -0.144. The summed E-state index contributed by atoms with van der Waals surface area (Å²) in [5, 5.41) is 23.4. The van der Waals surface area contributed by atoms with Gasteiger partial charge in [-0.1, -0.05) is 0 Å². The largest absolute Gasteiger partial charge is 0.480 e. The van der Waals surface area contributed by atoms with E-state index >= 15 is 0 Å². The molecule has 2 atom stereocenters. The predicted molar refractivity (Wildman–Crippen MR) is 80.5 cm³/mol. The molecule has 0 fully saturated rings. The molecule has 1 heterocycles. The number of anilines is 1. The van der Waals surface area contributed by atoms with Crippen molar-refractivity contribution in [2.24, 2.45) is 0 Å². The van der Waals surface area contributed by atoms with E-state index in [9.17, 15) is 14.7 Å². The smallest absolute Gasteiger partial charge is 0.328 e. The predicted octanol–water partition coefficient (Wildman–Crippen LogP) is 0.236. The van der Waals surface area contributed by atoms with E-state index < -0.39 is 24.0 Å². The molecule has 0 saturated heterocycles. The Morgan fingerprint density at radius 1 is 1.27 bits per heavy atom. The van der Waals surface area contributed by atoms with Gasteiger partial charge in [-0.2, -0.15) is 0 Å². The number of nitrogens with one attached hydrogen (secondary N) is 2. The molecule has 8 heteroatoms. The Labute approximate surface area is 129 Å². The Hall–Kier alpha value is -2.22. The van der Waals surface area contributed by atoms with Crippen LogP contribution in [0.4, 0.5) is 5.95 Å². The minimum atomic E-state index is -1.29. The molecular weight excluding hydrogens is 288 g/mol. The number of rotatable bonds is 8. The Morgan fingerprint density at radius 3 is 2.36 bits per heavy atom. The number of carbonyl (C=O) groups excluding carboxylic acids is 1. The van der Waals surface area contributed by atoms with Gasteiger partial charge in [0.2, 0.25) is 11.9 Å². The summed E-state index contributed by atoms with van der Waals surface area (Å²) >= 11 is 0. The van der Waals surface area contributed by atoms with E-state index in [1.807, 2.05) is 19.9 Å². The number of aromatic nitrogens is 2. The second-order valence-electron chi connectivity index (χ2n) is 5.13. The third-order valence-corrected chi connectivity index (χ3v) is 2.91. The highest BCUT2D eigenvalue weighted by Gasteiger charge is 2.24. The topological polar surface area (TPSA) is 124 Å². The van der Waals surface area contributed by atoms with E-state index in [0.29, 0.717) is 18.9 Å². The van der Waals surface area contributed by atoms with Crippen LogP contribution in [0.25, 0.3) is 0 Å². The van der Waals surface area contributed by atoms with Gasteiger partial charge in [-0.25, -0.2) is 14.8 Å². The number of aryl methyl sites for hydroxylation is 2. The van der Waals surface area contributed by atoms with Crippen molar-refractivity contribution in [1.29, 1.82) is 0 Å². The third-order valence-electron chi connectivity index (χ3n) is 2.91. The van der Waals surface area contributed by atoms with Gasteiger partial charge in [0.05, 0.1) is 6.10 Å². The number of carboxylic acid groups (broad SMARTS) is 1. The van der Waals surface area contributed by atoms with E-state index in [1.165, 1.54) is 6.92 Å². The minimum absolute atomic E-state index is 0.147. The van der Waals surface area contributed by atoms with E-state index in [1.54, 1.807) is 0 Å². The number of carboxylic acids is 1. The molecule has 0 aromatic carbocycles. The summed E-state index contributed by atoms with van der Waals surface area (Å²) in [5.74, 6) is -1.17. The molecule has 1 rings (SSSR count). The fourth-order valence-corrected chi connectivity index (χ4v) is 1.89. The third kappa shape index (κ3) is 6.04. The second-order valence-corrected chi connectivity index (χ2v) is 5.13. The highest BCUT2D eigenvalue weighted by Crippen LogP contribution is 2.04. The zero-order valence-electron chi connectivity index (χ0n) is 13.0. The second kappa shape index (κ2) is 8.28. The van der Waals surface area contributed by atoms with Crippen LogP contribution in [0, 0.1) is 13.8 Å². The number of aliphatic hydroxyl groups is 1. The molecule has 2 unspecified atom stereocenters. The van der Waals surface area contributed by atoms with Crippen molar-refractivity contribution in [1.82, 2.24) is 15.3 Å². The van der Waals surface area contributed by atoms with Crippen molar-refractivity contribution >= 4 is 17.8 Å². The van der Waals surface area contributed by atoms with Crippen LogP contribution in [0.15, 0.2) is 6.07 Å². The molecule has 1 aromatic heterocycles. The van der Waals surface area contributed by atoms with Gasteiger partial charge in [-0.05, 0) is 33.3 Å². The molecule has 0 saturated carbocycles. The summed E-state index contributed by atoms with van der Waals surface area (Å²) in [6.45, 7) is 5.55. The summed E-state index contributed by atoms with van der Waals surface area (Å²) in [7, 11) is 0. The molecule has 0 aliphatic heterocycles. The van der Waals surface area contributed by atoms with Crippen molar-refractivity contribution < 1.29 is 19.8 Å². The van der Waals surface area contributed by atoms with E-state index in [0.717, 1.165) is 11.4 Å². The van der Waals surface area contributed by atoms with Crippen molar-refractivity contribution in [2.45, 2.75) is 45.8 Å². The lowest BCUT2D eigenvalue weighted by atomic mass is 10.1. The van der Waals surface area contributed by atoms with E-state index in [2.05, 4.69) is 20.6 Å². The van der Waals surface area contributed by atoms with Crippen molar-refractivity contribution in [3.05, 3.63) is 17.5 Å². The Morgan fingerprint density at radius 2 is 1.86 bits per heavy atom. The first-order chi connectivity index (χ1) is 10.3. The highest BCUT2D eigenvalue weighted by atomic mass is 16.4. The summed E-state index contributed by atoms with van der Waals surface area (Å²) in [4.78, 5) is 30.9. The molecule has 0 aliphatic carbocycles. The van der Waals surface area contributed by atoms with E-state index in [-0.39, 0.29) is 6.42 Å². The molecule has 122 valence electrons. The number of aliphatic hydroxyl groups excluding tert-OH is 1. The fraction of sp³-hybridized carbons (Fsp3) is 0.571. The molecule has 4 N–H and O–H groups in total. The Kier molecular flexibility index (Phi) is 6.71. The summed E-state index contributed by atoms with van der Waals surface area (Å²) in [6, 6.07) is 0.573. The van der Waals surface area contributed by atoms with Gasteiger partial charge in [0.15, 0.2) is 6.04 Å². The molecule has 0 bridgehead atoms. The van der Waals surface area contributed by atoms with Gasteiger partial charge < -0.3 is 20.8 Å². The monoisotopic (exact) mass is 310 g/mol. The van der Waals surface area contributed by atoms with Crippen LogP contribution in [0.2, 0.25) is 0 Å². The Bertz CT molecular complexity index is 513. The Balaban J connectivity index is 2.34. The van der Waals surface area contributed by atoms with Gasteiger partial charge in [0.25, 0.3) is 0 Å². The first-order valence-corrected chi connectivity index (χ1v) is 7.06. The molecule has 1 amide bonds. The van der Waals surface area contributed by atoms with Gasteiger partial charge in [-0.15, -0.1) is 0 Å². The highest BCUT2D eigenvalue weighted by molar-refractivity contribution is 5.83. The maximum atomic E-state index is 11.6. The average Bonchev–Trinajstić information content (AvgIpc) is 2.39. The number of aliphatic carboxylic acids is 1. The summed E-state index contributed by atoms with van der Waals surface area (Å²) in [5.41, 5.74) is 1.71. The summed E-state index contributed by atoms with van der Waals surface area (Å²) in [6.07, 6.45) is -0.508. The van der Waals surface area contributed by atoms with Crippen LogP contribution in [0.3, 0.4) is 0 Å². The standard InChI is InChI=1S/C14H22N4O4/c1-8-7-9(2)17-14(16-8)15-6-4-5-11(20)18-12(10(3)19)13(21)22/h7,10,12,19H,4-6H2,1-3H3,(H,18,20)(H,21,22)(H,15,16,17). The summed E-state index contributed by atoms with van der Waals surface area (Å²) < 4.78 is 0. The number of hydrogen-bond acceptors (Lipinski definition) is 6. The minimum Gasteiger partial charge on any atom is -0.480 e. The maximum absolute atomic E-state index is 11.6. The van der Waals surface area contributed by atoms with Crippen molar-refractivity contribution in [3.63, 3.8) is 0 Å². The van der Waals surface area contributed by atoms with Crippen LogP contribution < -0.4 is 10.6 Å². The molecule has 0 radical (unpaired) electrons. The number of hydrogen-bond donors (Lipinski definition) is 4. The first kappa shape index (κ1) is 17.8. The van der Waals surface area contributed by atoms with Gasteiger partial charge in [-0.3, -0.25) is 4.79 Å². The van der Waals surface area contributed by atoms with Crippen molar-refractivity contribution in [2.75, 3.05) is 11.9 Å². The lowest BCUT2D eigenvalue weighted by Crippen LogP contribution is -2.47. The van der Waals surface area contributed by atoms with Crippen LogP contribution in [0.5, 0.6) is 0 Å². The maximum Gasteiger partial charge on any atom is 0.328 e. The SMILES string of the molecule is Cc1cc(C)nc(NCCCC(=O)NC(C(=O)O)C(C)O)n1. The average molecular weight is 310 g/mol.